The summed E-state index contributed by atoms with van der Waals surface area (Å²) in [4.78, 5) is 22.8. The summed E-state index contributed by atoms with van der Waals surface area (Å²) in [6.45, 7) is 1.64. The van der Waals surface area contributed by atoms with Crippen molar-refractivity contribution >= 4 is 28.9 Å². The Labute approximate surface area is 180 Å². The smallest absolute Gasteiger partial charge is 0.252 e. The number of carbonyl (C=O) groups excluding carboxylic acids is 1. The predicted molar refractivity (Wildman–Crippen MR) is 120 cm³/mol. The van der Waals surface area contributed by atoms with Crippen LogP contribution in [-0.4, -0.2) is 35.0 Å². The molecule has 0 unspecified atom stereocenters. The van der Waals surface area contributed by atoms with Crippen LogP contribution < -0.4 is 21.3 Å². The second-order valence-electron chi connectivity index (χ2n) is 7.39. The SMILES string of the molecule is N#Cc1ccc(N2CCC(Nc3cc(Nc4ccccc4)ncc3C(N)=O)CC2)nc1. The van der Waals surface area contributed by atoms with E-state index in [0.29, 0.717) is 22.6 Å². The van der Waals surface area contributed by atoms with Gasteiger partial charge in [-0.1, -0.05) is 18.2 Å². The van der Waals surface area contributed by atoms with Crippen molar-refractivity contribution in [2.24, 2.45) is 5.73 Å². The fraction of sp³-hybridized carbons (Fsp3) is 0.217. The van der Waals surface area contributed by atoms with E-state index in [1.54, 1.807) is 12.3 Å². The Balaban J connectivity index is 1.43. The molecule has 0 aliphatic carbocycles. The van der Waals surface area contributed by atoms with Gasteiger partial charge < -0.3 is 21.3 Å². The molecule has 3 aromatic rings. The van der Waals surface area contributed by atoms with Crippen molar-refractivity contribution in [1.29, 1.82) is 5.26 Å². The number of aromatic nitrogens is 2. The molecule has 1 aliphatic heterocycles. The van der Waals surface area contributed by atoms with Gasteiger partial charge in [0.25, 0.3) is 5.91 Å². The Morgan fingerprint density at radius 1 is 1.10 bits per heavy atom. The number of hydrogen-bond donors (Lipinski definition) is 3. The summed E-state index contributed by atoms with van der Waals surface area (Å²) in [5.41, 5.74) is 8.08. The third kappa shape index (κ3) is 4.90. The Bertz CT molecular complexity index is 1090. The first kappa shape index (κ1) is 20.2. The summed E-state index contributed by atoms with van der Waals surface area (Å²) in [5, 5.41) is 15.6. The van der Waals surface area contributed by atoms with Crippen LogP contribution in [0.4, 0.5) is 23.0 Å². The molecule has 8 nitrogen and oxygen atoms in total. The quantitative estimate of drug-likeness (QED) is 0.567. The number of anilines is 4. The van der Waals surface area contributed by atoms with Crippen molar-refractivity contribution in [2.45, 2.75) is 18.9 Å². The van der Waals surface area contributed by atoms with Gasteiger partial charge in [0.2, 0.25) is 0 Å². The molecule has 1 amide bonds. The largest absolute Gasteiger partial charge is 0.381 e. The highest BCUT2D eigenvalue weighted by Crippen LogP contribution is 2.25. The van der Waals surface area contributed by atoms with Gasteiger partial charge in [-0.25, -0.2) is 9.97 Å². The number of nitrogens with two attached hydrogens (primary N) is 1. The van der Waals surface area contributed by atoms with Crippen molar-refractivity contribution in [2.75, 3.05) is 28.6 Å². The maximum atomic E-state index is 11.9. The highest BCUT2D eigenvalue weighted by atomic mass is 16.1. The Morgan fingerprint density at radius 2 is 1.87 bits per heavy atom. The van der Waals surface area contributed by atoms with E-state index in [0.717, 1.165) is 37.4 Å². The van der Waals surface area contributed by atoms with Crippen LogP contribution in [0, 0.1) is 11.3 Å². The van der Waals surface area contributed by atoms with E-state index >= 15 is 0 Å². The molecule has 1 saturated heterocycles. The second-order valence-corrected chi connectivity index (χ2v) is 7.39. The number of carbonyl (C=O) groups is 1. The standard InChI is InChI=1S/C23H23N7O/c24-13-16-6-7-22(27-14-16)30-10-8-18(9-11-30)28-20-12-21(26-15-19(20)23(25)31)29-17-4-2-1-3-5-17/h1-7,12,14-15,18H,8-11H2,(H2,25,31)(H2,26,28,29). The zero-order valence-electron chi connectivity index (χ0n) is 17.0. The predicted octanol–water partition coefficient (Wildman–Crippen LogP) is 3.27. The monoisotopic (exact) mass is 413 g/mol. The maximum Gasteiger partial charge on any atom is 0.252 e. The Kier molecular flexibility index (Phi) is 5.94. The molecule has 0 atom stereocenters. The van der Waals surface area contributed by atoms with Gasteiger partial charge in [-0.15, -0.1) is 0 Å². The van der Waals surface area contributed by atoms with Crippen molar-refractivity contribution < 1.29 is 4.79 Å². The molecule has 3 heterocycles. The number of benzene rings is 1. The average Bonchev–Trinajstić information content (AvgIpc) is 2.80. The third-order valence-electron chi connectivity index (χ3n) is 5.27. The van der Waals surface area contributed by atoms with E-state index in [4.69, 9.17) is 11.0 Å². The van der Waals surface area contributed by atoms with Gasteiger partial charge in [-0.2, -0.15) is 5.26 Å². The van der Waals surface area contributed by atoms with Crippen LogP contribution >= 0.6 is 0 Å². The van der Waals surface area contributed by atoms with Crippen molar-refractivity contribution in [3.8, 4) is 6.07 Å². The van der Waals surface area contributed by atoms with E-state index in [1.165, 1.54) is 6.20 Å². The molecule has 0 bridgehead atoms. The summed E-state index contributed by atoms with van der Waals surface area (Å²) in [7, 11) is 0. The first-order chi connectivity index (χ1) is 15.1. The normalized spacial score (nSPS) is 14.0. The minimum Gasteiger partial charge on any atom is -0.381 e. The molecule has 1 aromatic carbocycles. The lowest BCUT2D eigenvalue weighted by Crippen LogP contribution is -2.39. The Hall–Kier alpha value is -4.12. The zero-order chi connectivity index (χ0) is 21.6. The van der Waals surface area contributed by atoms with E-state index < -0.39 is 5.91 Å². The average molecular weight is 413 g/mol. The summed E-state index contributed by atoms with van der Waals surface area (Å²) in [6, 6.07) is 17.5. The fourth-order valence-electron chi connectivity index (χ4n) is 3.62. The van der Waals surface area contributed by atoms with Gasteiger partial charge in [0, 0.05) is 43.3 Å². The van der Waals surface area contributed by atoms with Crippen LogP contribution in [0.15, 0.2) is 60.9 Å². The molecule has 0 spiro atoms. The first-order valence-corrected chi connectivity index (χ1v) is 10.1. The molecule has 1 fully saturated rings. The van der Waals surface area contributed by atoms with E-state index in [2.05, 4.69) is 31.6 Å². The summed E-state index contributed by atoms with van der Waals surface area (Å²) < 4.78 is 0. The number of nitrogens with one attached hydrogen (secondary N) is 2. The zero-order valence-corrected chi connectivity index (χ0v) is 17.0. The van der Waals surface area contributed by atoms with Gasteiger partial charge >= 0.3 is 0 Å². The van der Waals surface area contributed by atoms with Crippen LogP contribution in [0.5, 0.6) is 0 Å². The molecule has 1 aliphatic rings. The number of para-hydroxylation sites is 1. The van der Waals surface area contributed by atoms with Crippen molar-refractivity contribution in [3.63, 3.8) is 0 Å². The van der Waals surface area contributed by atoms with Crippen molar-refractivity contribution in [3.05, 3.63) is 72.1 Å². The molecule has 4 rings (SSSR count). The molecule has 0 saturated carbocycles. The molecular formula is C23H23N7O. The van der Waals surface area contributed by atoms with E-state index in [9.17, 15) is 4.79 Å². The number of nitriles is 1. The number of amides is 1. The van der Waals surface area contributed by atoms with Gasteiger partial charge in [0.1, 0.15) is 17.7 Å². The molecule has 31 heavy (non-hydrogen) atoms. The minimum absolute atomic E-state index is 0.194. The topological polar surface area (TPSA) is 120 Å². The van der Waals surface area contributed by atoms with Crippen LogP contribution in [-0.2, 0) is 0 Å². The minimum atomic E-state index is -0.513. The number of piperidine rings is 1. The maximum absolute atomic E-state index is 11.9. The van der Waals surface area contributed by atoms with Crippen LogP contribution in [0.25, 0.3) is 0 Å². The van der Waals surface area contributed by atoms with E-state index in [1.807, 2.05) is 42.5 Å². The van der Waals surface area contributed by atoms with Crippen LogP contribution in [0.2, 0.25) is 0 Å². The Morgan fingerprint density at radius 3 is 2.52 bits per heavy atom. The highest BCUT2D eigenvalue weighted by Gasteiger charge is 2.22. The first-order valence-electron chi connectivity index (χ1n) is 10.1. The second kappa shape index (κ2) is 9.13. The molecule has 0 radical (unpaired) electrons. The lowest BCUT2D eigenvalue weighted by molar-refractivity contribution is 0.100. The highest BCUT2D eigenvalue weighted by molar-refractivity contribution is 5.98. The number of rotatable bonds is 6. The fourth-order valence-corrected chi connectivity index (χ4v) is 3.62. The van der Waals surface area contributed by atoms with Gasteiger partial charge in [-0.05, 0) is 37.1 Å². The molecule has 4 N–H and O–H groups in total. The van der Waals surface area contributed by atoms with Gasteiger partial charge in [0.15, 0.2) is 0 Å². The molecule has 156 valence electrons. The van der Waals surface area contributed by atoms with Gasteiger partial charge in [0.05, 0.1) is 16.8 Å². The lowest BCUT2D eigenvalue weighted by atomic mass is 10.0. The number of pyridine rings is 2. The summed E-state index contributed by atoms with van der Waals surface area (Å²) >= 11 is 0. The van der Waals surface area contributed by atoms with Gasteiger partial charge in [-0.3, -0.25) is 4.79 Å². The van der Waals surface area contributed by atoms with Crippen molar-refractivity contribution in [1.82, 2.24) is 9.97 Å². The van der Waals surface area contributed by atoms with Crippen LogP contribution in [0.1, 0.15) is 28.8 Å². The van der Waals surface area contributed by atoms with Crippen LogP contribution in [0.3, 0.4) is 0 Å². The molecule has 2 aromatic heterocycles. The number of primary amides is 1. The number of hydrogen-bond acceptors (Lipinski definition) is 7. The summed E-state index contributed by atoms with van der Waals surface area (Å²) in [5.74, 6) is 0.993. The third-order valence-corrected chi connectivity index (χ3v) is 5.27. The lowest BCUT2D eigenvalue weighted by Gasteiger charge is -2.34. The molecule has 8 heteroatoms. The number of nitrogens with zero attached hydrogens (tertiary/aromatic N) is 4. The molecular weight excluding hydrogens is 390 g/mol. The summed E-state index contributed by atoms with van der Waals surface area (Å²) in [6.07, 6.45) is 4.86. The van der Waals surface area contributed by atoms with E-state index in [-0.39, 0.29) is 6.04 Å².